The summed E-state index contributed by atoms with van der Waals surface area (Å²) in [6.07, 6.45) is 5.03. The van der Waals surface area contributed by atoms with Gasteiger partial charge in [0.25, 0.3) is 0 Å². The lowest BCUT2D eigenvalue weighted by Crippen LogP contribution is -2.53. The minimum atomic E-state index is -1.12. The SMILES string of the molecule is CCCCCCCCN(C(=O)C(CCC(N)=O)NC(=O)OC(C)(C)C)C(C(=O)NCc1ccccc1)c1c(C)cccc1C. The van der Waals surface area contributed by atoms with Gasteiger partial charge in [-0.2, -0.15) is 0 Å². The molecule has 0 aromatic heterocycles. The molecule has 9 nitrogen and oxygen atoms in total. The van der Waals surface area contributed by atoms with Crippen molar-refractivity contribution in [3.05, 3.63) is 70.8 Å². The molecule has 2 atom stereocenters. The molecular formula is C35H52N4O5. The molecule has 0 spiro atoms. The van der Waals surface area contributed by atoms with Crippen molar-refractivity contribution < 1.29 is 23.9 Å². The fraction of sp³-hybridized carbons (Fsp3) is 0.543. The lowest BCUT2D eigenvalue weighted by atomic mass is 9.93. The summed E-state index contributed by atoms with van der Waals surface area (Å²) in [7, 11) is 0. The van der Waals surface area contributed by atoms with Crippen LogP contribution in [0.15, 0.2) is 48.5 Å². The van der Waals surface area contributed by atoms with Crippen LogP contribution in [0.5, 0.6) is 0 Å². The van der Waals surface area contributed by atoms with E-state index in [9.17, 15) is 19.2 Å². The van der Waals surface area contributed by atoms with Crippen molar-refractivity contribution in [2.75, 3.05) is 6.54 Å². The maximum atomic E-state index is 14.5. The zero-order chi connectivity index (χ0) is 32.7. The van der Waals surface area contributed by atoms with Gasteiger partial charge in [0.2, 0.25) is 17.7 Å². The molecule has 242 valence electrons. The van der Waals surface area contributed by atoms with Gasteiger partial charge in [-0.3, -0.25) is 14.4 Å². The number of rotatable bonds is 17. The Kier molecular flexibility index (Phi) is 14.9. The van der Waals surface area contributed by atoms with E-state index in [0.29, 0.717) is 19.5 Å². The zero-order valence-electron chi connectivity index (χ0n) is 27.4. The molecule has 0 aliphatic carbocycles. The van der Waals surface area contributed by atoms with E-state index in [0.717, 1.165) is 54.4 Å². The highest BCUT2D eigenvalue weighted by Gasteiger charge is 2.37. The third-order valence-electron chi connectivity index (χ3n) is 7.39. The van der Waals surface area contributed by atoms with Crippen molar-refractivity contribution in [3.63, 3.8) is 0 Å². The van der Waals surface area contributed by atoms with Gasteiger partial charge in [-0.25, -0.2) is 4.79 Å². The first-order chi connectivity index (χ1) is 20.8. The van der Waals surface area contributed by atoms with E-state index in [1.807, 2.05) is 62.4 Å². The van der Waals surface area contributed by atoms with Crippen LogP contribution in [0.2, 0.25) is 0 Å². The van der Waals surface area contributed by atoms with Crippen LogP contribution < -0.4 is 16.4 Å². The number of hydrogen-bond acceptors (Lipinski definition) is 5. The summed E-state index contributed by atoms with van der Waals surface area (Å²) in [5, 5.41) is 5.72. The molecule has 4 amide bonds. The maximum Gasteiger partial charge on any atom is 0.408 e. The Morgan fingerprint density at radius 2 is 1.50 bits per heavy atom. The van der Waals surface area contributed by atoms with Crippen LogP contribution in [-0.4, -0.2) is 46.9 Å². The Morgan fingerprint density at radius 1 is 0.886 bits per heavy atom. The van der Waals surface area contributed by atoms with Gasteiger partial charge >= 0.3 is 6.09 Å². The smallest absolute Gasteiger partial charge is 0.408 e. The molecule has 0 radical (unpaired) electrons. The number of aryl methyl sites for hydroxylation is 2. The van der Waals surface area contributed by atoms with E-state index < -0.39 is 35.6 Å². The Hall–Kier alpha value is -3.88. The van der Waals surface area contributed by atoms with Crippen LogP contribution in [0.4, 0.5) is 4.79 Å². The highest BCUT2D eigenvalue weighted by molar-refractivity contribution is 5.93. The van der Waals surface area contributed by atoms with Crippen molar-refractivity contribution in [1.82, 2.24) is 15.5 Å². The fourth-order valence-corrected chi connectivity index (χ4v) is 5.19. The first-order valence-corrected chi connectivity index (χ1v) is 15.8. The molecule has 0 bridgehead atoms. The van der Waals surface area contributed by atoms with Crippen LogP contribution in [0, 0.1) is 13.8 Å². The maximum absolute atomic E-state index is 14.5. The quantitative estimate of drug-likeness (QED) is 0.189. The Morgan fingerprint density at radius 3 is 2.09 bits per heavy atom. The van der Waals surface area contributed by atoms with Crippen LogP contribution in [0.25, 0.3) is 0 Å². The van der Waals surface area contributed by atoms with Gasteiger partial charge in [-0.15, -0.1) is 0 Å². The van der Waals surface area contributed by atoms with Crippen LogP contribution >= 0.6 is 0 Å². The number of nitrogens with one attached hydrogen (secondary N) is 2. The Balaban J connectivity index is 2.53. The molecule has 9 heteroatoms. The summed E-state index contributed by atoms with van der Waals surface area (Å²) in [4.78, 5) is 54.8. The molecule has 0 heterocycles. The first kappa shape index (κ1) is 36.3. The van der Waals surface area contributed by atoms with Gasteiger partial charge in [-0.05, 0) is 69.7 Å². The normalized spacial score (nSPS) is 12.6. The largest absolute Gasteiger partial charge is 0.444 e. The standard InChI is InChI=1S/C35H52N4O5/c1-7-8-9-10-11-15-23-39(33(42)28(21-22-29(36)40)38-34(43)44-35(4,5)6)31(30-25(2)17-16-18-26(30)3)32(41)37-24-27-19-13-12-14-20-27/h12-14,16-20,28,31H,7-11,15,21-24H2,1-6H3,(H2,36,40)(H,37,41)(H,38,43). The molecule has 0 aliphatic heterocycles. The van der Waals surface area contributed by atoms with Crippen molar-refractivity contribution >= 4 is 23.8 Å². The monoisotopic (exact) mass is 608 g/mol. The summed E-state index contributed by atoms with van der Waals surface area (Å²) < 4.78 is 5.44. The number of benzene rings is 2. The summed E-state index contributed by atoms with van der Waals surface area (Å²) in [6, 6.07) is 13.3. The number of unbranched alkanes of at least 4 members (excludes halogenated alkanes) is 5. The van der Waals surface area contributed by atoms with Crippen LogP contribution in [0.1, 0.15) is 107 Å². The number of alkyl carbamates (subject to hydrolysis) is 1. The average molecular weight is 609 g/mol. The fourth-order valence-electron chi connectivity index (χ4n) is 5.19. The molecule has 2 aromatic carbocycles. The van der Waals surface area contributed by atoms with E-state index >= 15 is 0 Å². The minimum absolute atomic E-state index is 0.0223. The van der Waals surface area contributed by atoms with Gasteiger partial charge in [0, 0.05) is 19.5 Å². The van der Waals surface area contributed by atoms with E-state index in [1.165, 1.54) is 0 Å². The third kappa shape index (κ3) is 12.4. The van der Waals surface area contributed by atoms with Crippen molar-refractivity contribution in [2.24, 2.45) is 5.73 Å². The first-order valence-electron chi connectivity index (χ1n) is 15.8. The van der Waals surface area contributed by atoms with E-state index in [1.54, 1.807) is 25.7 Å². The van der Waals surface area contributed by atoms with E-state index in [-0.39, 0.29) is 18.7 Å². The predicted molar refractivity (Wildman–Crippen MR) is 174 cm³/mol. The second kappa shape index (κ2) is 18.0. The second-order valence-electron chi connectivity index (χ2n) is 12.4. The molecular weight excluding hydrogens is 556 g/mol. The van der Waals surface area contributed by atoms with E-state index in [4.69, 9.17) is 10.5 Å². The van der Waals surface area contributed by atoms with Gasteiger partial charge in [0.15, 0.2) is 0 Å². The van der Waals surface area contributed by atoms with Crippen molar-refractivity contribution in [3.8, 4) is 0 Å². The molecule has 44 heavy (non-hydrogen) atoms. The molecule has 2 aromatic rings. The lowest BCUT2D eigenvalue weighted by Gasteiger charge is -2.36. The predicted octanol–water partition coefficient (Wildman–Crippen LogP) is 6.01. The Bertz CT molecular complexity index is 1210. The number of nitrogens with zero attached hydrogens (tertiary/aromatic N) is 1. The Labute approximate surface area is 263 Å². The number of carbonyl (C=O) groups excluding carboxylic acids is 4. The van der Waals surface area contributed by atoms with Gasteiger partial charge < -0.3 is 26.0 Å². The van der Waals surface area contributed by atoms with Crippen LogP contribution in [-0.2, 0) is 25.7 Å². The molecule has 4 N–H and O–H groups in total. The highest BCUT2D eigenvalue weighted by Crippen LogP contribution is 2.30. The molecule has 2 unspecified atom stereocenters. The third-order valence-corrected chi connectivity index (χ3v) is 7.39. The minimum Gasteiger partial charge on any atom is -0.444 e. The second-order valence-corrected chi connectivity index (χ2v) is 12.4. The number of hydrogen-bond donors (Lipinski definition) is 3. The van der Waals surface area contributed by atoms with Crippen molar-refractivity contribution in [1.29, 1.82) is 0 Å². The summed E-state index contributed by atoms with van der Waals surface area (Å²) in [6.45, 7) is 11.8. The topological polar surface area (TPSA) is 131 Å². The number of ether oxygens (including phenoxy) is 1. The zero-order valence-corrected chi connectivity index (χ0v) is 27.4. The van der Waals surface area contributed by atoms with Crippen LogP contribution in [0.3, 0.4) is 0 Å². The van der Waals surface area contributed by atoms with Gasteiger partial charge in [0.05, 0.1) is 0 Å². The summed E-state index contributed by atoms with van der Waals surface area (Å²) in [5.74, 6) is -1.38. The summed E-state index contributed by atoms with van der Waals surface area (Å²) >= 11 is 0. The van der Waals surface area contributed by atoms with Gasteiger partial charge in [-0.1, -0.05) is 87.6 Å². The number of amides is 4. The number of carbonyl (C=O) groups is 4. The lowest BCUT2D eigenvalue weighted by molar-refractivity contribution is -0.143. The summed E-state index contributed by atoms with van der Waals surface area (Å²) in [5.41, 5.74) is 8.07. The molecule has 0 saturated carbocycles. The number of primary amides is 1. The number of nitrogens with two attached hydrogens (primary N) is 1. The van der Waals surface area contributed by atoms with Gasteiger partial charge in [0.1, 0.15) is 17.7 Å². The van der Waals surface area contributed by atoms with E-state index in [2.05, 4.69) is 17.6 Å². The molecule has 0 saturated heterocycles. The highest BCUT2D eigenvalue weighted by atomic mass is 16.6. The molecule has 2 rings (SSSR count). The molecule has 0 aliphatic rings. The molecule has 0 fully saturated rings. The van der Waals surface area contributed by atoms with Crippen molar-refractivity contribution in [2.45, 2.75) is 117 Å². The average Bonchev–Trinajstić information content (AvgIpc) is 2.95.